The number of hydrogen-bond acceptors (Lipinski definition) is 7. The van der Waals surface area contributed by atoms with E-state index in [9.17, 15) is 0 Å². The van der Waals surface area contributed by atoms with Crippen LogP contribution in [-0.2, 0) is 0 Å². The number of benzene rings is 2. The van der Waals surface area contributed by atoms with Crippen molar-refractivity contribution in [2.45, 2.75) is 4.90 Å². The van der Waals surface area contributed by atoms with Crippen LogP contribution >= 0.6 is 23.5 Å². The molecule has 1 aromatic heterocycles. The molecule has 0 amide bonds. The van der Waals surface area contributed by atoms with Crippen LogP contribution in [0.3, 0.4) is 0 Å². The average molecular weight is 377 g/mol. The molecule has 130 valence electrons. The molecule has 8 heteroatoms. The van der Waals surface area contributed by atoms with Crippen molar-refractivity contribution in [3.63, 3.8) is 0 Å². The maximum absolute atomic E-state index is 6.54. The molecule has 2 N–H and O–H groups in total. The predicted octanol–water partition coefficient (Wildman–Crippen LogP) is 4.27. The first-order valence-electron chi connectivity index (χ1n) is 7.43. The summed E-state index contributed by atoms with van der Waals surface area (Å²) in [7, 11) is 4.98. The topological polar surface area (TPSA) is 68.3 Å². The molecule has 0 atom stereocenters. The van der Waals surface area contributed by atoms with Gasteiger partial charge in [0.1, 0.15) is 12.1 Å². The molecule has 0 saturated heterocycles. The van der Waals surface area contributed by atoms with Crippen LogP contribution in [0.15, 0.2) is 41.6 Å². The van der Waals surface area contributed by atoms with Gasteiger partial charge in [-0.25, -0.2) is 9.97 Å². The summed E-state index contributed by atoms with van der Waals surface area (Å²) in [6, 6.07) is 9.74. The first-order valence-corrected chi connectivity index (χ1v) is 8.63. The third kappa shape index (κ3) is 3.58. The van der Waals surface area contributed by atoms with Gasteiger partial charge in [-0.05, 0) is 37.2 Å². The number of nitrogens with one attached hydrogen (secondary N) is 2. The number of ether oxygens (including phenoxy) is 2. The Morgan fingerprint density at radius 3 is 2.68 bits per heavy atom. The van der Waals surface area contributed by atoms with Crippen LogP contribution in [0.1, 0.15) is 0 Å². The Morgan fingerprint density at radius 2 is 1.96 bits per heavy atom. The maximum Gasteiger partial charge on any atom is 0.180 e. The first-order chi connectivity index (χ1) is 12.2. The highest BCUT2D eigenvalue weighted by atomic mass is 35.5. The fourth-order valence-electron chi connectivity index (χ4n) is 2.46. The number of methoxy groups -OCH3 is 2. The molecule has 0 saturated carbocycles. The summed E-state index contributed by atoms with van der Waals surface area (Å²) >= 11 is 8.07. The van der Waals surface area contributed by atoms with E-state index < -0.39 is 0 Å². The van der Waals surface area contributed by atoms with Crippen molar-refractivity contribution in [1.82, 2.24) is 14.7 Å². The Morgan fingerprint density at radius 1 is 1.12 bits per heavy atom. The van der Waals surface area contributed by atoms with Gasteiger partial charge in [-0.15, -0.1) is 0 Å². The monoisotopic (exact) mass is 376 g/mol. The van der Waals surface area contributed by atoms with Crippen molar-refractivity contribution >= 4 is 46.0 Å². The summed E-state index contributed by atoms with van der Waals surface area (Å²) in [4.78, 5) is 9.71. The van der Waals surface area contributed by atoms with Gasteiger partial charge >= 0.3 is 0 Å². The lowest BCUT2D eigenvalue weighted by atomic mass is 10.2. The Labute approximate surface area is 155 Å². The number of nitrogens with zero attached hydrogens (tertiary/aromatic N) is 2. The number of hydrogen-bond donors (Lipinski definition) is 2. The molecule has 0 fully saturated rings. The predicted molar refractivity (Wildman–Crippen MR) is 102 cm³/mol. The zero-order valence-electron chi connectivity index (χ0n) is 14.0. The fraction of sp³-hybridized carbons (Fsp3) is 0.176. The summed E-state index contributed by atoms with van der Waals surface area (Å²) in [6.45, 7) is 0. The molecule has 0 unspecified atom stereocenters. The Kier molecular flexibility index (Phi) is 5.47. The molecule has 3 aromatic rings. The van der Waals surface area contributed by atoms with E-state index in [1.54, 1.807) is 20.3 Å². The molecular weight excluding hydrogens is 360 g/mol. The van der Waals surface area contributed by atoms with Crippen LogP contribution in [0.4, 0.5) is 11.5 Å². The molecule has 2 aromatic carbocycles. The van der Waals surface area contributed by atoms with E-state index in [-0.39, 0.29) is 0 Å². The van der Waals surface area contributed by atoms with Gasteiger partial charge in [-0.2, -0.15) is 0 Å². The quantitative estimate of drug-likeness (QED) is 0.622. The molecule has 0 aliphatic carbocycles. The average Bonchev–Trinajstić information content (AvgIpc) is 2.62. The molecule has 0 aliphatic rings. The molecule has 0 radical (unpaired) electrons. The number of aromatic nitrogens is 2. The Hall–Kier alpha value is -2.22. The van der Waals surface area contributed by atoms with Gasteiger partial charge < -0.3 is 14.8 Å². The number of halogens is 1. The standard InChI is InChI=1S/C17H17ClN4O2S/c1-19-25-11-6-4-5-10(7-11)22-17-14-12(20-9-21-17)8-13(23-2)16(24-3)15(14)18/h4-9,19H,1-3H3,(H,20,21,22). The highest BCUT2D eigenvalue weighted by molar-refractivity contribution is 7.97. The summed E-state index contributed by atoms with van der Waals surface area (Å²) in [5.74, 6) is 1.58. The fourth-order valence-corrected chi connectivity index (χ4v) is 3.39. The summed E-state index contributed by atoms with van der Waals surface area (Å²) in [6.07, 6.45) is 1.49. The summed E-state index contributed by atoms with van der Waals surface area (Å²) < 4.78 is 13.8. The zero-order chi connectivity index (χ0) is 17.8. The van der Waals surface area contributed by atoms with E-state index >= 15 is 0 Å². The summed E-state index contributed by atoms with van der Waals surface area (Å²) in [5, 5.41) is 4.38. The minimum Gasteiger partial charge on any atom is -0.493 e. The number of rotatable bonds is 6. The van der Waals surface area contributed by atoms with E-state index in [0.717, 1.165) is 10.6 Å². The minimum atomic E-state index is 0.403. The Bertz CT molecular complexity index is 907. The van der Waals surface area contributed by atoms with Gasteiger partial charge in [0.2, 0.25) is 0 Å². The zero-order valence-corrected chi connectivity index (χ0v) is 15.5. The van der Waals surface area contributed by atoms with E-state index in [1.165, 1.54) is 18.3 Å². The van der Waals surface area contributed by atoms with Crippen molar-refractivity contribution in [3.05, 3.63) is 41.7 Å². The second-order valence-corrected chi connectivity index (χ2v) is 6.46. The van der Waals surface area contributed by atoms with E-state index in [4.69, 9.17) is 21.1 Å². The molecule has 3 rings (SSSR count). The van der Waals surface area contributed by atoms with Gasteiger partial charge in [0.15, 0.2) is 11.5 Å². The van der Waals surface area contributed by atoms with Crippen molar-refractivity contribution in [2.75, 3.05) is 26.6 Å². The SMILES string of the molecule is CNSc1cccc(Nc2ncnc3cc(OC)c(OC)c(Cl)c23)c1. The molecule has 1 heterocycles. The van der Waals surface area contributed by atoms with Crippen LogP contribution in [0.25, 0.3) is 10.9 Å². The van der Waals surface area contributed by atoms with E-state index in [2.05, 4.69) is 20.0 Å². The molecule has 6 nitrogen and oxygen atoms in total. The normalized spacial score (nSPS) is 10.7. The number of fused-ring (bicyclic) bond motifs is 1. The van der Waals surface area contributed by atoms with Crippen LogP contribution in [0, 0.1) is 0 Å². The van der Waals surface area contributed by atoms with E-state index in [1.807, 2.05) is 31.3 Å². The highest BCUT2D eigenvalue weighted by Crippen LogP contribution is 2.42. The van der Waals surface area contributed by atoms with Gasteiger partial charge in [0.25, 0.3) is 0 Å². The van der Waals surface area contributed by atoms with Crippen LogP contribution in [0.5, 0.6) is 11.5 Å². The molecular formula is C17H17ClN4O2S. The second-order valence-electron chi connectivity index (χ2n) is 5.00. The van der Waals surface area contributed by atoms with Crippen LogP contribution in [0.2, 0.25) is 5.02 Å². The highest BCUT2D eigenvalue weighted by Gasteiger charge is 2.18. The lowest BCUT2D eigenvalue weighted by Gasteiger charge is -2.14. The Balaban J connectivity index is 2.09. The second kappa shape index (κ2) is 7.77. The molecule has 0 aliphatic heterocycles. The smallest absolute Gasteiger partial charge is 0.180 e. The van der Waals surface area contributed by atoms with Gasteiger partial charge in [-0.1, -0.05) is 17.7 Å². The van der Waals surface area contributed by atoms with Crippen LogP contribution < -0.4 is 19.5 Å². The first kappa shape index (κ1) is 17.6. The molecule has 25 heavy (non-hydrogen) atoms. The number of anilines is 2. The lowest BCUT2D eigenvalue weighted by molar-refractivity contribution is 0.356. The van der Waals surface area contributed by atoms with Crippen molar-refractivity contribution in [3.8, 4) is 11.5 Å². The van der Waals surface area contributed by atoms with Gasteiger partial charge in [0, 0.05) is 16.6 Å². The minimum absolute atomic E-state index is 0.403. The third-order valence-corrected chi connectivity index (χ3v) is 4.58. The molecule has 0 bridgehead atoms. The van der Waals surface area contributed by atoms with Crippen molar-refractivity contribution in [1.29, 1.82) is 0 Å². The van der Waals surface area contributed by atoms with Crippen molar-refractivity contribution < 1.29 is 9.47 Å². The van der Waals surface area contributed by atoms with E-state index in [0.29, 0.717) is 33.2 Å². The third-order valence-electron chi connectivity index (χ3n) is 3.53. The van der Waals surface area contributed by atoms with Crippen LogP contribution in [-0.4, -0.2) is 31.2 Å². The van der Waals surface area contributed by atoms with Gasteiger partial charge in [-0.3, -0.25) is 4.72 Å². The summed E-state index contributed by atoms with van der Waals surface area (Å²) in [5.41, 5.74) is 1.56. The lowest BCUT2D eigenvalue weighted by Crippen LogP contribution is -1.99. The largest absolute Gasteiger partial charge is 0.493 e. The maximum atomic E-state index is 6.54. The molecule has 0 spiro atoms. The van der Waals surface area contributed by atoms with Crippen molar-refractivity contribution in [2.24, 2.45) is 0 Å². The van der Waals surface area contributed by atoms with Gasteiger partial charge in [0.05, 0.1) is 30.1 Å².